The lowest BCUT2D eigenvalue weighted by molar-refractivity contribution is 0.0995. The van der Waals surface area contributed by atoms with Crippen LogP contribution in [0.4, 0.5) is 0 Å². The molecule has 1 amide bonds. The zero-order valence-electron chi connectivity index (χ0n) is 11.2. The van der Waals surface area contributed by atoms with E-state index in [9.17, 15) is 14.7 Å². The van der Waals surface area contributed by atoms with Crippen LogP contribution in [0.2, 0.25) is 0 Å². The quantitative estimate of drug-likeness (QED) is 0.860. The molecule has 0 fully saturated rings. The number of hydrogen-bond acceptors (Lipinski definition) is 3. The first-order chi connectivity index (χ1) is 9.07. The number of rotatable bonds is 4. The summed E-state index contributed by atoms with van der Waals surface area (Å²) in [5.74, 6) is -1.04. The summed E-state index contributed by atoms with van der Waals surface area (Å²) in [6, 6.07) is 0. The number of primary amides is 1. The summed E-state index contributed by atoms with van der Waals surface area (Å²) in [5.41, 5.74) is 6.15. The molecule has 1 heterocycles. The molecule has 0 aliphatic heterocycles. The van der Waals surface area contributed by atoms with Crippen molar-refractivity contribution in [3.63, 3.8) is 0 Å². The zero-order chi connectivity index (χ0) is 14.0. The molecule has 1 aliphatic carbocycles. The second kappa shape index (κ2) is 5.47. The Morgan fingerprint density at radius 1 is 1.37 bits per heavy atom. The molecule has 0 radical (unpaired) electrons. The van der Waals surface area contributed by atoms with Gasteiger partial charge in [0.2, 0.25) is 0 Å². The molecular formula is C14H20N2O3. The highest BCUT2D eigenvalue weighted by atomic mass is 16.3. The van der Waals surface area contributed by atoms with Crippen molar-refractivity contribution in [3.8, 4) is 5.75 Å². The average molecular weight is 264 g/mol. The van der Waals surface area contributed by atoms with Crippen LogP contribution >= 0.6 is 0 Å². The van der Waals surface area contributed by atoms with Crippen molar-refractivity contribution in [2.24, 2.45) is 5.73 Å². The van der Waals surface area contributed by atoms with Gasteiger partial charge in [-0.3, -0.25) is 9.59 Å². The Kier molecular flexibility index (Phi) is 3.93. The summed E-state index contributed by atoms with van der Waals surface area (Å²) in [5, 5.41) is 10.1. The summed E-state index contributed by atoms with van der Waals surface area (Å²) in [4.78, 5) is 23.7. The molecule has 0 bridgehead atoms. The highest BCUT2D eigenvalue weighted by molar-refractivity contribution is 5.95. The molecule has 2 rings (SSSR count). The first-order valence-corrected chi connectivity index (χ1v) is 6.85. The summed E-state index contributed by atoms with van der Waals surface area (Å²) >= 11 is 0. The maximum atomic E-state index is 12.3. The number of pyridine rings is 1. The topological polar surface area (TPSA) is 85.3 Å². The fourth-order valence-corrected chi connectivity index (χ4v) is 2.73. The van der Waals surface area contributed by atoms with Crippen molar-refractivity contribution >= 4 is 5.91 Å². The number of carbonyl (C=O) groups excluding carboxylic acids is 1. The van der Waals surface area contributed by atoms with Crippen LogP contribution < -0.4 is 11.3 Å². The third kappa shape index (κ3) is 2.37. The SMILES string of the molecule is CCCCn1c2c(c(O)c(C(N)=O)c1=O)CCCC2. The maximum Gasteiger partial charge on any atom is 0.267 e. The van der Waals surface area contributed by atoms with Crippen LogP contribution in [-0.2, 0) is 19.4 Å². The Bertz CT molecular complexity index is 561. The Hall–Kier alpha value is -1.78. The van der Waals surface area contributed by atoms with E-state index in [0.717, 1.165) is 43.4 Å². The smallest absolute Gasteiger partial charge is 0.267 e. The monoisotopic (exact) mass is 264 g/mol. The van der Waals surface area contributed by atoms with E-state index < -0.39 is 11.5 Å². The van der Waals surface area contributed by atoms with Crippen LogP contribution in [0.1, 0.15) is 54.2 Å². The summed E-state index contributed by atoms with van der Waals surface area (Å²) in [6.07, 6.45) is 5.29. The minimum Gasteiger partial charge on any atom is -0.507 e. The van der Waals surface area contributed by atoms with Gasteiger partial charge < -0.3 is 15.4 Å². The number of nitrogens with two attached hydrogens (primary N) is 1. The Morgan fingerprint density at radius 3 is 2.68 bits per heavy atom. The highest BCUT2D eigenvalue weighted by Gasteiger charge is 2.25. The predicted octanol–water partition coefficient (Wildman–Crippen LogP) is 1.33. The lowest BCUT2D eigenvalue weighted by atomic mass is 9.93. The van der Waals surface area contributed by atoms with Gasteiger partial charge in [0.25, 0.3) is 11.5 Å². The number of unbranched alkanes of at least 4 members (excludes halogenated alkanes) is 1. The highest BCUT2D eigenvalue weighted by Crippen LogP contribution is 2.30. The van der Waals surface area contributed by atoms with Crippen LogP contribution in [0.5, 0.6) is 5.75 Å². The molecule has 0 spiro atoms. The minimum atomic E-state index is -0.846. The number of nitrogens with zero attached hydrogens (tertiary/aromatic N) is 1. The normalized spacial score (nSPS) is 14.2. The van der Waals surface area contributed by atoms with Crippen LogP contribution in [-0.4, -0.2) is 15.6 Å². The third-order valence-electron chi connectivity index (χ3n) is 3.73. The summed E-state index contributed by atoms with van der Waals surface area (Å²) in [6.45, 7) is 2.63. The molecule has 0 saturated carbocycles. The van der Waals surface area contributed by atoms with Gasteiger partial charge in [0.15, 0.2) is 0 Å². The third-order valence-corrected chi connectivity index (χ3v) is 3.73. The van der Waals surface area contributed by atoms with Crippen LogP contribution in [0.15, 0.2) is 4.79 Å². The molecule has 19 heavy (non-hydrogen) atoms. The number of carbonyl (C=O) groups is 1. The Morgan fingerprint density at radius 2 is 2.05 bits per heavy atom. The maximum absolute atomic E-state index is 12.3. The molecule has 1 aromatic rings. The molecule has 1 aliphatic rings. The van der Waals surface area contributed by atoms with E-state index >= 15 is 0 Å². The van der Waals surface area contributed by atoms with Crippen molar-refractivity contribution in [2.75, 3.05) is 0 Å². The lowest BCUT2D eigenvalue weighted by Gasteiger charge is -2.23. The molecule has 0 atom stereocenters. The van der Waals surface area contributed by atoms with E-state index in [1.807, 2.05) is 6.92 Å². The molecule has 3 N–H and O–H groups in total. The molecule has 0 aromatic carbocycles. The standard InChI is InChI=1S/C14H20N2O3/c1-2-3-8-16-10-7-5-4-6-9(10)12(17)11(13(15)18)14(16)19/h17H,2-8H2,1H3,(H2,15,18). The van der Waals surface area contributed by atoms with E-state index in [-0.39, 0.29) is 11.3 Å². The van der Waals surface area contributed by atoms with E-state index in [1.165, 1.54) is 0 Å². The van der Waals surface area contributed by atoms with Gasteiger partial charge in [0, 0.05) is 17.8 Å². The molecule has 1 aromatic heterocycles. The second-order valence-electron chi connectivity index (χ2n) is 5.03. The van der Waals surface area contributed by atoms with Gasteiger partial charge in [-0.1, -0.05) is 13.3 Å². The van der Waals surface area contributed by atoms with Gasteiger partial charge in [-0.15, -0.1) is 0 Å². The van der Waals surface area contributed by atoms with Gasteiger partial charge >= 0.3 is 0 Å². The van der Waals surface area contributed by atoms with Gasteiger partial charge in [-0.2, -0.15) is 0 Å². The molecular weight excluding hydrogens is 244 g/mol. The van der Waals surface area contributed by atoms with Gasteiger partial charge in [-0.05, 0) is 32.1 Å². The molecule has 104 valence electrons. The summed E-state index contributed by atoms with van der Waals surface area (Å²) in [7, 11) is 0. The van der Waals surface area contributed by atoms with Crippen LogP contribution in [0, 0.1) is 0 Å². The number of aromatic hydroxyl groups is 1. The predicted molar refractivity (Wildman–Crippen MR) is 72.4 cm³/mol. The van der Waals surface area contributed by atoms with E-state index in [1.54, 1.807) is 4.57 Å². The molecule has 5 heteroatoms. The van der Waals surface area contributed by atoms with Crippen molar-refractivity contribution in [1.82, 2.24) is 4.57 Å². The van der Waals surface area contributed by atoms with E-state index in [4.69, 9.17) is 5.73 Å². The van der Waals surface area contributed by atoms with Crippen LogP contribution in [0.3, 0.4) is 0 Å². The number of amides is 1. The Labute approximate surface area is 112 Å². The summed E-state index contributed by atoms with van der Waals surface area (Å²) < 4.78 is 1.64. The van der Waals surface area contributed by atoms with Gasteiger partial charge in [0.05, 0.1) is 0 Å². The van der Waals surface area contributed by atoms with Crippen molar-refractivity contribution < 1.29 is 9.90 Å². The lowest BCUT2D eigenvalue weighted by Crippen LogP contribution is -2.34. The first kappa shape index (κ1) is 13.6. The van der Waals surface area contributed by atoms with Crippen molar-refractivity contribution in [1.29, 1.82) is 0 Å². The van der Waals surface area contributed by atoms with E-state index in [0.29, 0.717) is 13.0 Å². The average Bonchev–Trinajstić information content (AvgIpc) is 2.38. The molecule has 5 nitrogen and oxygen atoms in total. The van der Waals surface area contributed by atoms with Crippen LogP contribution in [0.25, 0.3) is 0 Å². The van der Waals surface area contributed by atoms with E-state index in [2.05, 4.69) is 0 Å². The Balaban J connectivity index is 2.66. The fourth-order valence-electron chi connectivity index (χ4n) is 2.73. The van der Waals surface area contributed by atoms with Crippen molar-refractivity contribution in [3.05, 3.63) is 27.2 Å². The fraction of sp³-hybridized carbons (Fsp3) is 0.571. The van der Waals surface area contributed by atoms with Crippen molar-refractivity contribution in [2.45, 2.75) is 52.0 Å². The van der Waals surface area contributed by atoms with Gasteiger partial charge in [-0.25, -0.2) is 0 Å². The molecule has 0 saturated heterocycles. The molecule has 0 unspecified atom stereocenters. The largest absolute Gasteiger partial charge is 0.507 e. The van der Waals surface area contributed by atoms with Gasteiger partial charge in [0.1, 0.15) is 11.3 Å². The zero-order valence-corrected chi connectivity index (χ0v) is 11.2. The second-order valence-corrected chi connectivity index (χ2v) is 5.03. The minimum absolute atomic E-state index is 0.194. The number of fused-ring (bicyclic) bond motifs is 1. The number of aromatic nitrogens is 1. The first-order valence-electron chi connectivity index (χ1n) is 6.85. The number of hydrogen-bond donors (Lipinski definition) is 2.